The summed E-state index contributed by atoms with van der Waals surface area (Å²) >= 11 is 5.83. The van der Waals surface area contributed by atoms with Crippen LogP contribution < -0.4 is 5.73 Å². The number of nitrogens with two attached hydrogens (primary N) is 1. The number of nitrogens with zero attached hydrogens (tertiary/aromatic N) is 1. The Morgan fingerprint density at radius 1 is 1.29 bits per heavy atom. The number of furan rings is 1. The van der Waals surface area contributed by atoms with Crippen LogP contribution in [0.25, 0.3) is 11.3 Å². The van der Waals surface area contributed by atoms with Crippen molar-refractivity contribution >= 4 is 17.6 Å². The number of carbonyl (C=O) groups excluding carboxylic acids is 1. The molecule has 0 atom stereocenters. The molecule has 2 amide bonds. The monoisotopic (exact) mass is 310 g/mol. The van der Waals surface area contributed by atoms with Gasteiger partial charge in [0.15, 0.2) is 0 Å². The normalized spacial score (nSPS) is 10.6. The minimum atomic E-state index is -0.915. The second-order valence-electron chi connectivity index (χ2n) is 4.29. The number of primary amides is 1. The second-order valence-corrected chi connectivity index (χ2v) is 4.72. The summed E-state index contributed by atoms with van der Waals surface area (Å²) in [6.45, 7) is 0.386. The lowest BCUT2D eigenvalue weighted by Crippen LogP contribution is -2.35. The van der Waals surface area contributed by atoms with E-state index in [9.17, 15) is 4.79 Å². The molecule has 2 aromatic rings. The zero-order valence-corrected chi connectivity index (χ0v) is 11.9. The van der Waals surface area contributed by atoms with Crippen molar-refractivity contribution in [2.45, 2.75) is 6.61 Å². The van der Waals surface area contributed by atoms with Gasteiger partial charge in [-0.1, -0.05) is 11.6 Å². The number of amides is 2. The van der Waals surface area contributed by atoms with Crippen molar-refractivity contribution < 1.29 is 19.2 Å². The number of urea groups is 1. The molecule has 0 aliphatic rings. The van der Waals surface area contributed by atoms with E-state index in [2.05, 4.69) is 0 Å². The summed E-state index contributed by atoms with van der Waals surface area (Å²) in [5, 5.41) is 10.1. The van der Waals surface area contributed by atoms with Crippen molar-refractivity contribution in [2.24, 2.45) is 5.73 Å². The summed E-state index contributed by atoms with van der Waals surface area (Å²) in [6, 6.07) is 10.0. The van der Waals surface area contributed by atoms with Crippen molar-refractivity contribution in [1.29, 1.82) is 0 Å². The molecule has 0 spiro atoms. The average Bonchev–Trinajstić information content (AvgIpc) is 2.93. The third kappa shape index (κ3) is 4.49. The molecule has 0 fully saturated rings. The minimum absolute atomic E-state index is 0.0000827. The molecule has 21 heavy (non-hydrogen) atoms. The Labute approximate surface area is 126 Å². The predicted octanol–water partition coefficient (Wildman–Crippen LogP) is 2.89. The molecule has 0 bridgehead atoms. The molecule has 0 saturated carbocycles. The summed E-state index contributed by atoms with van der Waals surface area (Å²) in [4.78, 5) is 10.6. The maximum Gasteiger partial charge on any atom is 0.338 e. The van der Waals surface area contributed by atoms with Gasteiger partial charge in [0.25, 0.3) is 0 Å². The van der Waals surface area contributed by atoms with Gasteiger partial charge in [0.2, 0.25) is 0 Å². The van der Waals surface area contributed by atoms with Crippen LogP contribution in [-0.2, 0) is 11.3 Å². The molecular formula is C14H15ClN2O4. The average molecular weight is 311 g/mol. The summed E-state index contributed by atoms with van der Waals surface area (Å²) in [5.74, 6) is 1.36. The Morgan fingerprint density at radius 2 is 2.00 bits per heavy atom. The van der Waals surface area contributed by atoms with Gasteiger partial charge < -0.3 is 14.9 Å². The zero-order valence-electron chi connectivity index (χ0n) is 11.2. The van der Waals surface area contributed by atoms with Crippen LogP contribution in [-0.4, -0.2) is 29.5 Å². The number of rotatable bonds is 6. The van der Waals surface area contributed by atoms with E-state index in [1.54, 1.807) is 18.2 Å². The van der Waals surface area contributed by atoms with Crippen LogP contribution in [0.2, 0.25) is 5.02 Å². The Bertz CT molecular complexity index is 597. The number of carbonyl (C=O) groups is 1. The molecule has 1 aromatic heterocycles. The molecule has 3 N–H and O–H groups in total. The van der Waals surface area contributed by atoms with Gasteiger partial charge in [0, 0.05) is 10.6 Å². The fourth-order valence-electron chi connectivity index (χ4n) is 1.66. The van der Waals surface area contributed by atoms with Crippen LogP contribution in [0.1, 0.15) is 5.76 Å². The highest BCUT2D eigenvalue weighted by atomic mass is 35.5. The van der Waals surface area contributed by atoms with Crippen molar-refractivity contribution in [1.82, 2.24) is 5.06 Å². The van der Waals surface area contributed by atoms with E-state index >= 15 is 0 Å². The lowest BCUT2D eigenvalue weighted by Gasteiger charge is -2.11. The van der Waals surface area contributed by atoms with E-state index in [-0.39, 0.29) is 19.8 Å². The summed E-state index contributed by atoms with van der Waals surface area (Å²) in [5.41, 5.74) is 5.78. The van der Waals surface area contributed by atoms with Gasteiger partial charge in [-0.05, 0) is 36.4 Å². The summed E-state index contributed by atoms with van der Waals surface area (Å²) < 4.78 is 10.9. The third-order valence-corrected chi connectivity index (χ3v) is 2.99. The van der Waals surface area contributed by atoms with Crippen LogP contribution in [0.3, 0.4) is 0 Å². The standard InChI is InChI=1S/C14H15ClN2O4/c15-11-3-1-10(2-4-11)13-6-5-12(21-13)9-20-8-7-17(19)14(16)18/h1-6,19H,7-9H2,(H2,16,18). The molecule has 112 valence electrons. The van der Waals surface area contributed by atoms with Crippen molar-refractivity contribution in [3.05, 3.63) is 47.2 Å². The quantitative estimate of drug-likeness (QED) is 0.488. The van der Waals surface area contributed by atoms with E-state index in [4.69, 9.17) is 31.7 Å². The molecule has 0 aliphatic heterocycles. The van der Waals surface area contributed by atoms with E-state index in [1.165, 1.54) is 0 Å². The van der Waals surface area contributed by atoms with Crippen LogP contribution in [0.15, 0.2) is 40.8 Å². The van der Waals surface area contributed by atoms with Crippen LogP contribution >= 0.6 is 11.6 Å². The number of ether oxygens (including phenoxy) is 1. The molecule has 1 aromatic carbocycles. The maximum absolute atomic E-state index is 10.6. The van der Waals surface area contributed by atoms with E-state index < -0.39 is 6.03 Å². The number of hydrogen-bond donors (Lipinski definition) is 2. The topological polar surface area (TPSA) is 88.9 Å². The first-order valence-electron chi connectivity index (χ1n) is 6.24. The number of hydrogen-bond acceptors (Lipinski definition) is 4. The molecule has 7 heteroatoms. The summed E-state index contributed by atoms with van der Waals surface area (Å²) in [7, 11) is 0. The Kier molecular flexibility index (Phi) is 5.21. The zero-order chi connectivity index (χ0) is 15.2. The first-order valence-corrected chi connectivity index (χ1v) is 6.62. The first-order chi connectivity index (χ1) is 10.1. The molecule has 6 nitrogen and oxygen atoms in total. The van der Waals surface area contributed by atoms with Gasteiger partial charge in [-0.3, -0.25) is 5.21 Å². The predicted molar refractivity (Wildman–Crippen MR) is 76.9 cm³/mol. The van der Waals surface area contributed by atoms with E-state index in [0.717, 1.165) is 5.56 Å². The lowest BCUT2D eigenvalue weighted by molar-refractivity contribution is -0.0589. The van der Waals surface area contributed by atoms with Crippen LogP contribution in [0.5, 0.6) is 0 Å². The molecule has 1 heterocycles. The fourth-order valence-corrected chi connectivity index (χ4v) is 1.78. The molecule has 0 unspecified atom stereocenters. The second kappa shape index (κ2) is 7.12. The van der Waals surface area contributed by atoms with Gasteiger partial charge in [-0.15, -0.1) is 0 Å². The Morgan fingerprint density at radius 3 is 2.67 bits per heavy atom. The lowest BCUT2D eigenvalue weighted by atomic mass is 10.2. The molecule has 0 radical (unpaired) electrons. The fraction of sp³-hybridized carbons (Fsp3) is 0.214. The van der Waals surface area contributed by atoms with Crippen molar-refractivity contribution in [2.75, 3.05) is 13.2 Å². The minimum Gasteiger partial charge on any atom is -0.459 e. The molecule has 0 aliphatic carbocycles. The van der Waals surface area contributed by atoms with Crippen LogP contribution in [0, 0.1) is 0 Å². The highest BCUT2D eigenvalue weighted by Gasteiger charge is 2.07. The van der Waals surface area contributed by atoms with Crippen molar-refractivity contribution in [3.8, 4) is 11.3 Å². The maximum atomic E-state index is 10.6. The summed E-state index contributed by atoms with van der Waals surface area (Å²) in [6.07, 6.45) is 0. The molecule has 2 rings (SSSR count). The van der Waals surface area contributed by atoms with Gasteiger partial charge >= 0.3 is 6.03 Å². The van der Waals surface area contributed by atoms with Gasteiger partial charge in [0.05, 0.1) is 13.2 Å². The largest absolute Gasteiger partial charge is 0.459 e. The molecule has 0 saturated heterocycles. The highest BCUT2D eigenvalue weighted by Crippen LogP contribution is 2.24. The van der Waals surface area contributed by atoms with Gasteiger partial charge in [-0.2, -0.15) is 0 Å². The Hall–Kier alpha value is -2.02. The number of halogens is 1. The van der Waals surface area contributed by atoms with Crippen LogP contribution in [0.4, 0.5) is 4.79 Å². The first kappa shape index (κ1) is 15.4. The SMILES string of the molecule is NC(=O)N(O)CCOCc1ccc(-c2ccc(Cl)cc2)o1. The highest BCUT2D eigenvalue weighted by molar-refractivity contribution is 6.30. The third-order valence-electron chi connectivity index (χ3n) is 2.74. The smallest absolute Gasteiger partial charge is 0.338 e. The van der Waals surface area contributed by atoms with Gasteiger partial charge in [0.1, 0.15) is 18.1 Å². The number of hydroxylamine groups is 2. The van der Waals surface area contributed by atoms with Gasteiger partial charge in [-0.25, -0.2) is 9.86 Å². The van der Waals surface area contributed by atoms with E-state index in [1.807, 2.05) is 18.2 Å². The Balaban J connectivity index is 1.83. The molecular weight excluding hydrogens is 296 g/mol. The van der Waals surface area contributed by atoms with E-state index in [0.29, 0.717) is 21.6 Å². The van der Waals surface area contributed by atoms with Crippen molar-refractivity contribution in [3.63, 3.8) is 0 Å². The number of benzene rings is 1.